The van der Waals surface area contributed by atoms with Crippen LogP contribution >= 0.6 is 0 Å². The number of halogens is 3. The molecule has 0 fully saturated rings. The standard InChI is InChI=1S/C21H18F3NO2S/c1-15-7-13-19(14-8-15)28(26,27)25-20(16-5-3-2-4-6-16)17-9-11-18(12-10-17)21(22,23)24/h2-14,20,25H,1H3/t20-/m0/s1. The van der Waals surface area contributed by atoms with Crippen molar-refractivity contribution in [3.05, 3.63) is 101 Å². The van der Waals surface area contributed by atoms with Gasteiger partial charge < -0.3 is 0 Å². The Hall–Kier alpha value is -2.64. The lowest BCUT2D eigenvalue weighted by Crippen LogP contribution is -2.29. The normalized spacial score (nSPS) is 13.3. The minimum Gasteiger partial charge on any atom is -0.207 e. The largest absolute Gasteiger partial charge is 0.416 e. The predicted octanol–water partition coefficient (Wildman–Crippen LogP) is 5.08. The maximum Gasteiger partial charge on any atom is 0.416 e. The lowest BCUT2D eigenvalue weighted by Gasteiger charge is -2.20. The minimum atomic E-state index is -4.46. The first-order valence-corrected chi connectivity index (χ1v) is 9.96. The van der Waals surface area contributed by atoms with Gasteiger partial charge in [-0.15, -0.1) is 0 Å². The molecule has 0 aliphatic carbocycles. The van der Waals surface area contributed by atoms with Gasteiger partial charge in [-0.1, -0.05) is 60.2 Å². The first kappa shape index (κ1) is 20.1. The summed E-state index contributed by atoms with van der Waals surface area (Å²) in [4.78, 5) is 0.0888. The summed E-state index contributed by atoms with van der Waals surface area (Å²) in [7, 11) is -3.88. The van der Waals surface area contributed by atoms with E-state index in [1.807, 2.05) is 6.92 Å². The molecule has 0 aliphatic rings. The molecule has 1 atom stereocenters. The fourth-order valence-electron chi connectivity index (χ4n) is 2.78. The Bertz CT molecular complexity index is 1030. The maximum absolute atomic E-state index is 12.9. The van der Waals surface area contributed by atoms with Crippen LogP contribution in [-0.4, -0.2) is 8.42 Å². The first-order valence-electron chi connectivity index (χ1n) is 8.48. The number of benzene rings is 3. The van der Waals surface area contributed by atoms with Crippen molar-refractivity contribution in [2.75, 3.05) is 0 Å². The van der Waals surface area contributed by atoms with Crippen LogP contribution in [-0.2, 0) is 16.2 Å². The maximum atomic E-state index is 12.9. The van der Waals surface area contributed by atoms with Crippen molar-refractivity contribution < 1.29 is 21.6 Å². The van der Waals surface area contributed by atoms with Gasteiger partial charge in [0.05, 0.1) is 16.5 Å². The summed E-state index contributed by atoms with van der Waals surface area (Å²) >= 11 is 0. The lowest BCUT2D eigenvalue weighted by atomic mass is 9.98. The molecule has 0 bridgehead atoms. The van der Waals surface area contributed by atoms with Gasteiger partial charge in [-0.3, -0.25) is 0 Å². The molecule has 0 aliphatic heterocycles. The quantitative estimate of drug-likeness (QED) is 0.643. The Morgan fingerprint density at radius 3 is 1.86 bits per heavy atom. The molecule has 28 heavy (non-hydrogen) atoms. The zero-order valence-electron chi connectivity index (χ0n) is 14.9. The van der Waals surface area contributed by atoms with Gasteiger partial charge >= 0.3 is 6.18 Å². The molecule has 146 valence electrons. The SMILES string of the molecule is Cc1ccc(S(=O)(=O)N[C@@H](c2ccccc2)c2ccc(C(F)(F)F)cc2)cc1. The molecule has 3 aromatic carbocycles. The number of hydrogen-bond donors (Lipinski definition) is 1. The van der Waals surface area contributed by atoms with Crippen molar-refractivity contribution in [3.63, 3.8) is 0 Å². The van der Waals surface area contributed by atoms with Crippen molar-refractivity contribution in [1.82, 2.24) is 4.72 Å². The van der Waals surface area contributed by atoms with E-state index in [-0.39, 0.29) is 4.90 Å². The molecule has 1 N–H and O–H groups in total. The van der Waals surface area contributed by atoms with Crippen LogP contribution in [0.4, 0.5) is 13.2 Å². The Balaban J connectivity index is 2.00. The van der Waals surface area contributed by atoms with E-state index in [1.165, 1.54) is 24.3 Å². The smallest absolute Gasteiger partial charge is 0.207 e. The highest BCUT2D eigenvalue weighted by molar-refractivity contribution is 7.89. The topological polar surface area (TPSA) is 46.2 Å². The molecule has 0 saturated heterocycles. The van der Waals surface area contributed by atoms with Crippen molar-refractivity contribution in [3.8, 4) is 0 Å². The van der Waals surface area contributed by atoms with Crippen LogP contribution in [0.5, 0.6) is 0 Å². The predicted molar refractivity (Wildman–Crippen MR) is 101 cm³/mol. The van der Waals surface area contributed by atoms with Crippen LogP contribution in [0.15, 0.2) is 83.8 Å². The average Bonchev–Trinajstić information content (AvgIpc) is 2.67. The van der Waals surface area contributed by atoms with Gasteiger partial charge in [0.2, 0.25) is 10.0 Å². The molecular weight excluding hydrogens is 387 g/mol. The van der Waals surface area contributed by atoms with E-state index in [2.05, 4.69) is 4.72 Å². The second-order valence-corrected chi connectivity index (χ2v) is 8.11. The van der Waals surface area contributed by atoms with E-state index in [0.717, 1.165) is 17.7 Å². The zero-order valence-corrected chi connectivity index (χ0v) is 15.8. The van der Waals surface area contributed by atoms with Gasteiger partial charge in [0.15, 0.2) is 0 Å². The molecule has 0 spiro atoms. The summed E-state index contributed by atoms with van der Waals surface area (Å²) in [6, 6.07) is 18.7. The molecule has 0 radical (unpaired) electrons. The van der Waals surface area contributed by atoms with Gasteiger partial charge in [-0.05, 0) is 42.3 Å². The van der Waals surface area contributed by atoms with Gasteiger partial charge in [0.25, 0.3) is 0 Å². The minimum absolute atomic E-state index is 0.0888. The second kappa shape index (κ2) is 7.77. The van der Waals surface area contributed by atoms with Gasteiger partial charge in [-0.25, -0.2) is 8.42 Å². The fraction of sp³-hybridized carbons (Fsp3) is 0.143. The number of sulfonamides is 1. The fourth-order valence-corrected chi connectivity index (χ4v) is 3.99. The Morgan fingerprint density at radius 2 is 1.32 bits per heavy atom. The summed E-state index contributed by atoms with van der Waals surface area (Å²) < 4.78 is 66.9. The third-order valence-corrected chi connectivity index (χ3v) is 5.75. The Labute approximate surface area is 161 Å². The molecule has 0 unspecified atom stereocenters. The van der Waals surface area contributed by atoms with Gasteiger partial charge in [0, 0.05) is 0 Å². The zero-order chi connectivity index (χ0) is 20.4. The van der Waals surface area contributed by atoms with Gasteiger partial charge in [-0.2, -0.15) is 17.9 Å². The van der Waals surface area contributed by atoms with Crippen LogP contribution < -0.4 is 4.72 Å². The monoisotopic (exact) mass is 405 g/mol. The number of hydrogen-bond acceptors (Lipinski definition) is 2. The lowest BCUT2D eigenvalue weighted by molar-refractivity contribution is -0.137. The van der Waals surface area contributed by atoms with Crippen LogP contribution in [0.3, 0.4) is 0 Å². The van der Waals surface area contributed by atoms with Crippen LogP contribution in [0.25, 0.3) is 0 Å². The molecule has 0 heterocycles. The van der Waals surface area contributed by atoms with Gasteiger partial charge in [0.1, 0.15) is 0 Å². The van der Waals surface area contributed by atoms with Crippen molar-refractivity contribution in [2.24, 2.45) is 0 Å². The van der Waals surface area contributed by atoms with Crippen LogP contribution in [0.1, 0.15) is 28.3 Å². The summed E-state index contributed by atoms with van der Waals surface area (Å²) in [5.74, 6) is 0. The summed E-state index contributed by atoms with van der Waals surface area (Å²) in [6.45, 7) is 1.85. The van der Waals surface area contributed by atoms with E-state index in [9.17, 15) is 21.6 Å². The first-order chi connectivity index (χ1) is 13.2. The molecule has 0 aromatic heterocycles. The Kier molecular flexibility index (Phi) is 5.58. The number of rotatable bonds is 5. The van der Waals surface area contributed by atoms with E-state index in [1.54, 1.807) is 42.5 Å². The molecule has 7 heteroatoms. The van der Waals surface area contributed by atoms with Crippen molar-refractivity contribution in [1.29, 1.82) is 0 Å². The van der Waals surface area contributed by atoms with Crippen LogP contribution in [0.2, 0.25) is 0 Å². The van der Waals surface area contributed by atoms with E-state index in [0.29, 0.717) is 11.1 Å². The highest BCUT2D eigenvalue weighted by atomic mass is 32.2. The van der Waals surface area contributed by atoms with E-state index >= 15 is 0 Å². The highest BCUT2D eigenvalue weighted by Gasteiger charge is 2.31. The van der Waals surface area contributed by atoms with E-state index in [4.69, 9.17) is 0 Å². The molecule has 3 aromatic rings. The summed E-state index contributed by atoms with van der Waals surface area (Å²) in [5, 5.41) is 0. The summed E-state index contributed by atoms with van der Waals surface area (Å²) in [5.41, 5.74) is 1.17. The molecule has 3 nitrogen and oxygen atoms in total. The number of nitrogens with one attached hydrogen (secondary N) is 1. The molecule has 0 saturated carbocycles. The van der Waals surface area contributed by atoms with Crippen molar-refractivity contribution in [2.45, 2.75) is 24.0 Å². The van der Waals surface area contributed by atoms with E-state index < -0.39 is 27.8 Å². The second-order valence-electron chi connectivity index (χ2n) is 6.40. The molecule has 0 amide bonds. The third kappa shape index (κ3) is 4.61. The average molecular weight is 405 g/mol. The number of aryl methyl sites for hydroxylation is 1. The number of alkyl halides is 3. The molecular formula is C21H18F3NO2S. The molecule has 3 rings (SSSR count). The highest BCUT2D eigenvalue weighted by Crippen LogP contribution is 2.31. The van der Waals surface area contributed by atoms with Crippen LogP contribution in [0, 0.1) is 6.92 Å². The Morgan fingerprint density at radius 1 is 0.786 bits per heavy atom. The van der Waals surface area contributed by atoms with Crippen molar-refractivity contribution >= 4 is 10.0 Å². The third-order valence-electron chi connectivity index (χ3n) is 4.31. The summed E-state index contributed by atoms with van der Waals surface area (Å²) in [6.07, 6.45) is -4.46.